The second-order valence-corrected chi connectivity index (χ2v) is 6.66. The van der Waals surface area contributed by atoms with Crippen molar-refractivity contribution >= 4 is 0 Å². The zero-order valence-corrected chi connectivity index (χ0v) is 11.1. The van der Waals surface area contributed by atoms with Gasteiger partial charge >= 0.3 is 0 Å². The van der Waals surface area contributed by atoms with Crippen LogP contribution in [-0.2, 0) is 0 Å². The van der Waals surface area contributed by atoms with Gasteiger partial charge in [-0.1, -0.05) is 6.92 Å². The molecule has 0 aromatic rings. The third-order valence-electron chi connectivity index (χ3n) is 5.83. The first-order valence-electron chi connectivity index (χ1n) is 7.15. The molecule has 2 N–H and O–H groups in total. The number of likely N-dealkylation sites (tertiary alicyclic amines) is 1. The van der Waals surface area contributed by atoms with Gasteiger partial charge in [0.15, 0.2) is 5.79 Å². The zero-order chi connectivity index (χ0) is 12.3. The summed E-state index contributed by atoms with van der Waals surface area (Å²) >= 11 is 0. The molecule has 0 amide bonds. The molecule has 1 atom stereocenters. The summed E-state index contributed by atoms with van der Waals surface area (Å²) in [6.45, 7) is 6.10. The number of hydrogen-bond donors (Lipinski definition) is 2. The predicted molar refractivity (Wildman–Crippen MR) is 66.4 cm³/mol. The third-order valence-corrected chi connectivity index (χ3v) is 5.83. The minimum atomic E-state index is -1.53. The van der Waals surface area contributed by atoms with Crippen LogP contribution in [0.4, 0.5) is 0 Å². The Morgan fingerprint density at radius 1 is 1.24 bits per heavy atom. The average molecular weight is 239 g/mol. The fraction of sp³-hybridized carbons (Fsp3) is 1.00. The van der Waals surface area contributed by atoms with E-state index in [9.17, 15) is 10.2 Å². The fourth-order valence-corrected chi connectivity index (χ4v) is 3.95. The van der Waals surface area contributed by atoms with Crippen molar-refractivity contribution < 1.29 is 10.2 Å². The summed E-state index contributed by atoms with van der Waals surface area (Å²) in [5.41, 5.74) is -0.223. The number of rotatable bonds is 4. The summed E-state index contributed by atoms with van der Waals surface area (Å²) in [5.74, 6) is -0.717. The van der Waals surface area contributed by atoms with E-state index < -0.39 is 11.3 Å². The van der Waals surface area contributed by atoms with Crippen molar-refractivity contribution in [1.29, 1.82) is 0 Å². The lowest BCUT2D eigenvalue weighted by Gasteiger charge is -2.48. The highest BCUT2D eigenvalue weighted by Crippen LogP contribution is 2.66. The molecule has 1 heterocycles. The van der Waals surface area contributed by atoms with E-state index in [1.807, 2.05) is 6.92 Å². The van der Waals surface area contributed by atoms with E-state index in [4.69, 9.17) is 0 Å². The lowest BCUT2D eigenvalue weighted by atomic mass is 9.75. The molecule has 0 radical (unpaired) electrons. The SMILES string of the molecule is CCC(O)(O)[C@]1(C)N(CC2CC2)CCC12CC2. The van der Waals surface area contributed by atoms with Crippen LogP contribution in [0.15, 0.2) is 0 Å². The van der Waals surface area contributed by atoms with Crippen molar-refractivity contribution in [3.8, 4) is 0 Å². The maximum atomic E-state index is 10.5. The first-order valence-corrected chi connectivity index (χ1v) is 7.15. The molecule has 1 aliphatic heterocycles. The van der Waals surface area contributed by atoms with Crippen molar-refractivity contribution in [2.45, 2.75) is 63.7 Å². The van der Waals surface area contributed by atoms with E-state index in [-0.39, 0.29) is 5.41 Å². The van der Waals surface area contributed by atoms with Gasteiger partial charge in [-0.2, -0.15) is 0 Å². The largest absolute Gasteiger partial charge is 0.364 e. The van der Waals surface area contributed by atoms with E-state index in [0.717, 1.165) is 25.4 Å². The smallest absolute Gasteiger partial charge is 0.181 e. The molecule has 3 rings (SSSR count). The molecule has 3 heteroatoms. The standard InChI is InChI=1S/C14H25NO2/c1-3-14(16,17)12(2)13(6-7-13)8-9-15(12)10-11-4-5-11/h11,16-17H,3-10H2,1-2H3/t12-/m1/s1. The van der Waals surface area contributed by atoms with E-state index in [1.54, 1.807) is 0 Å². The van der Waals surface area contributed by atoms with Crippen LogP contribution in [0, 0.1) is 11.3 Å². The van der Waals surface area contributed by atoms with Crippen LogP contribution in [0.2, 0.25) is 0 Å². The third kappa shape index (κ3) is 1.52. The molecule has 98 valence electrons. The van der Waals surface area contributed by atoms with Gasteiger partial charge in [-0.3, -0.25) is 4.90 Å². The summed E-state index contributed by atoms with van der Waals surface area (Å²) in [6.07, 6.45) is 6.58. The molecule has 0 bridgehead atoms. The number of aliphatic hydroxyl groups is 2. The number of nitrogens with zero attached hydrogens (tertiary/aromatic N) is 1. The van der Waals surface area contributed by atoms with Crippen molar-refractivity contribution in [2.24, 2.45) is 11.3 Å². The van der Waals surface area contributed by atoms with Crippen molar-refractivity contribution in [1.82, 2.24) is 4.90 Å². The summed E-state index contributed by atoms with van der Waals surface area (Å²) < 4.78 is 0. The van der Waals surface area contributed by atoms with Crippen LogP contribution in [0.3, 0.4) is 0 Å². The minimum Gasteiger partial charge on any atom is -0.364 e. The van der Waals surface area contributed by atoms with Crippen LogP contribution in [0.1, 0.15) is 52.4 Å². The first kappa shape index (κ1) is 11.9. The van der Waals surface area contributed by atoms with Crippen molar-refractivity contribution in [2.75, 3.05) is 13.1 Å². The maximum Gasteiger partial charge on any atom is 0.181 e. The molecule has 3 aliphatic rings. The quantitative estimate of drug-likeness (QED) is 0.734. The Hall–Kier alpha value is -0.120. The van der Waals surface area contributed by atoms with E-state index in [1.165, 1.54) is 25.7 Å². The highest BCUT2D eigenvalue weighted by molar-refractivity contribution is 5.20. The van der Waals surface area contributed by atoms with Crippen LogP contribution in [-0.4, -0.2) is 39.5 Å². The van der Waals surface area contributed by atoms with Gasteiger partial charge in [0.2, 0.25) is 0 Å². The maximum absolute atomic E-state index is 10.5. The van der Waals surface area contributed by atoms with E-state index in [2.05, 4.69) is 11.8 Å². The summed E-state index contributed by atoms with van der Waals surface area (Å²) in [4.78, 5) is 2.39. The fourth-order valence-electron chi connectivity index (χ4n) is 3.95. The van der Waals surface area contributed by atoms with Gasteiger partial charge < -0.3 is 10.2 Å². The van der Waals surface area contributed by atoms with Gasteiger partial charge in [-0.05, 0) is 56.9 Å². The summed E-state index contributed by atoms with van der Waals surface area (Å²) in [7, 11) is 0. The topological polar surface area (TPSA) is 43.7 Å². The summed E-state index contributed by atoms with van der Waals surface area (Å²) in [5, 5.41) is 21.0. The zero-order valence-electron chi connectivity index (χ0n) is 11.1. The Labute approximate surface area is 104 Å². The van der Waals surface area contributed by atoms with Gasteiger partial charge in [0.1, 0.15) is 0 Å². The summed E-state index contributed by atoms with van der Waals surface area (Å²) in [6, 6.07) is 0. The highest BCUT2D eigenvalue weighted by Gasteiger charge is 2.70. The van der Waals surface area contributed by atoms with Gasteiger partial charge in [0, 0.05) is 13.0 Å². The minimum absolute atomic E-state index is 0.196. The lowest BCUT2D eigenvalue weighted by molar-refractivity contribution is -0.253. The Kier molecular flexibility index (Phi) is 2.43. The molecule has 0 unspecified atom stereocenters. The van der Waals surface area contributed by atoms with E-state index in [0.29, 0.717) is 6.42 Å². The van der Waals surface area contributed by atoms with Gasteiger partial charge in [-0.15, -0.1) is 0 Å². The molecule has 1 spiro atoms. The number of hydrogen-bond acceptors (Lipinski definition) is 3. The second kappa shape index (κ2) is 3.46. The molecule has 17 heavy (non-hydrogen) atoms. The molecule has 0 aromatic carbocycles. The Balaban J connectivity index is 1.89. The molecular weight excluding hydrogens is 214 g/mol. The molecule has 2 aliphatic carbocycles. The normalized spacial score (nSPS) is 36.7. The molecular formula is C14H25NO2. The van der Waals surface area contributed by atoms with Crippen molar-refractivity contribution in [3.05, 3.63) is 0 Å². The molecule has 0 aromatic heterocycles. The Morgan fingerprint density at radius 2 is 1.88 bits per heavy atom. The predicted octanol–water partition coefficient (Wildman–Crippen LogP) is 1.73. The first-order chi connectivity index (χ1) is 7.95. The molecule has 2 saturated carbocycles. The van der Waals surface area contributed by atoms with Crippen LogP contribution in [0.5, 0.6) is 0 Å². The highest BCUT2D eigenvalue weighted by atomic mass is 16.5. The van der Waals surface area contributed by atoms with Crippen LogP contribution in [0.25, 0.3) is 0 Å². The Bertz CT molecular complexity index is 320. The molecule has 3 nitrogen and oxygen atoms in total. The van der Waals surface area contributed by atoms with Crippen LogP contribution < -0.4 is 0 Å². The van der Waals surface area contributed by atoms with Gasteiger partial charge in [0.05, 0.1) is 5.54 Å². The monoisotopic (exact) mass is 239 g/mol. The van der Waals surface area contributed by atoms with Gasteiger partial charge in [-0.25, -0.2) is 0 Å². The molecule has 3 fully saturated rings. The van der Waals surface area contributed by atoms with Gasteiger partial charge in [0.25, 0.3) is 0 Å². The van der Waals surface area contributed by atoms with Crippen LogP contribution >= 0.6 is 0 Å². The van der Waals surface area contributed by atoms with Crippen molar-refractivity contribution in [3.63, 3.8) is 0 Å². The molecule has 1 saturated heterocycles. The van der Waals surface area contributed by atoms with E-state index >= 15 is 0 Å². The lowest BCUT2D eigenvalue weighted by Crippen LogP contribution is -2.63. The average Bonchev–Trinajstić information content (AvgIpc) is 3.16. The Morgan fingerprint density at radius 3 is 2.35 bits per heavy atom. The second-order valence-electron chi connectivity index (χ2n) is 6.66.